The Morgan fingerprint density at radius 1 is 0.923 bits per heavy atom. The lowest BCUT2D eigenvalue weighted by Crippen LogP contribution is -2.52. The van der Waals surface area contributed by atoms with Gasteiger partial charge in [-0.3, -0.25) is 9.59 Å². The predicted molar refractivity (Wildman–Crippen MR) is 103 cm³/mol. The molecule has 1 atom stereocenters. The Balaban J connectivity index is 1.65. The summed E-state index contributed by atoms with van der Waals surface area (Å²) in [6.45, 7) is 6.20. The SMILES string of the molecule is CC1Cc2ccccc2N1C(=O)C(C)(C)C(=O)N1CCc2ccccc21. The minimum Gasteiger partial charge on any atom is -0.311 e. The summed E-state index contributed by atoms with van der Waals surface area (Å²) in [5.74, 6) is -0.242. The van der Waals surface area contributed by atoms with Gasteiger partial charge in [-0.1, -0.05) is 36.4 Å². The molecule has 0 radical (unpaired) electrons. The zero-order chi connectivity index (χ0) is 18.5. The maximum Gasteiger partial charge on any atom is 0.242 e. The second kappa shape index (κ2) is 5.97. The third-order valence-electron chi connectivity index (χ3n) is 5.63. The molecule has 0 fully saturated rings. The van der Waals surface area contributed by atoms with E-state index in [9.17, 15) is 9.59 Å². The molecule has 0 aliphatic carbocycles. The van der Waals surface area contributed by atoms with Gasteiger partial charge in [-0.2, -0.15) is 0 Å². The van der Waals surface area contributed by atoms with Crippen LogP contribution in [0.4, 0.5) is 11.4 Å². The van der Waals surface area contributed by atoms with Gasteiger partial charge in [0, 0.05) is 24.0 Å². The molecule has 26 heavy (non-hydrogen) atoms. The van der Waals surface area contributed by atoms with Crippen molar-refractivity contribution in [1.29, 1.82) is 0 Å². The van der Waals surface area contributed by atoms with Crippen LogP contribution in [0.5, 0.6) is 0 Å². The van der Waals surface area contributed by atoms with E-state index < -0.39 is 5.41 Å². The molecule has 0 aromatic heterocycles. The van der Waals surface area contributed by atoms with Crippen molar-refractivity contribution in [2.75, 3.05) is 16.3 Å². The van der Waals surface area contributed by atoms with Crippen molar-refractivity contribution in [1.82, 2.24) is 0 Å². The van der Waals surface area contributed by atoms with E-state index in [4.69, 9.17) is 0 Å². The van der Waals surface area contributed by atoms with Gasteiger partial charge in [-0.15, -0.1) is 0 Å². The van der Waals surface area contributed by atoms with Gasteiger partial charge in [0.25, 0.3) is 0 Å². The Hall–Kier alpha value is -2.62. The van der Waals surface area contributed by atoms with Crippen LogP contribution in [0.3, 0.4) is 0 Å². The average molecular weight is 348 g/mol. The van der Waals surface area contributed by atoms with Crippen molar-refractivity contribution in [3.05, 3.63) is 59.7 Å². The zero-order valence-electron chi connectivity index (χ0n) is 15.5. The third-order valence-corrected chi connectivity index (χ3v) is 5.63. The molecule has 0 spiro atoms. The summed E-state index contributed by atoms with van der Waals surface area (Å²) in [5.41, 5.74) is 3.11. The van der Waals surface area contributed by atoms with E-state index in [2.05, 4.69) is 12.1 Å². The number of amides is 2. The number of hydrogen-bond acceptors (Lipinski definition) is 2. The summed E-state index contributed by atoms with van der Waals surface area (Å²) in [6.07, 6.45) is 1.67. The minimum absolute atomic E-state index is 0.0674. The minimum atomic E-state index is -1.11. The number of fused-ring (bicyclic) bond motifs is 2. The van der Waals surface area contributed by atoms with Gasteiger partial charge in [0.05, 0.1) is 0 Å². The van der Waals surface area contributed by atoms with Crippen LogP contribution in [0.2, 0.25) is 0 Å². The van der Waals surface area contributed by atoms with Crippen LogP contribution in [0.1, 0.15) is 31.9 Å². The summed E-state index contributed by atoms with van der Waals surface area (Å²) >= 11 is 0. The fourth-order valence-electron chi connectivity index (χ4n) is 4.15. The Morgan fingerprint density at radius 3 is 2.27 bits per heavy atom. The lowest BCUT2D eigenvalue weighted by atomic mass is 9.89. The lowest BCUT2D eigenvalue weighted by Gasteiger charge is -2.34. The van der Waals surface area contributed by atoms with Crippen molar-refractivity contribution in [2.24, 2.45) is 5.41 Å². The highest BCUT2D eigenvalue weighted by Gasteiger charge is 2.46. The van der Waals surface area contributed by atoms with Gasteiger partial charge in [0.15, 0.2) is 0 Å². The predicted octanol–water partition coefficient (Wildman–Crippen LogP) is 3.58. The molecule has 4 nitrogen and oxygen atoms in total. The standard InChI is InChI=1S/C22H24N2O2/c1-15-14-17-9-5-7-11-19(17)24(15)21(26)22(2,3)20(25)23-13-12-16-8-4-6-10-18(16)23/h4-11,15H,12-14H2,1-3H3. The molecule has 4 heteroatoms. The van der Waals surface area contributed by atoms with E-state index in [1.54, 1.807) is 18.7 Å². The van der Waals surface area contributed by atoms with Gasteiger partial charge in [0.2, 0.25) is 11.8 Å². The molecule has 134 valence electrons. The molecular weight excluding hydrogens is 324 g/mol. The molecule has 2 aliphatic heterocycles. The van der Waals surface area contributed by atoms with Crippen molar-refractivity contribution >= 4 is 23.2 Å². The Kier molecular flexibility index (Phi) is 3.87. The van der Waals surface area contributed by atoms with E-state index in [1.165, 1.54) is 11.1 Å². The van der Waals surface area contributed by atoms with Gasteiger partial charge < -0.3 is 9.80 Å². The number of nitrogens with zero attached hydrogens (tertiary/aromatic N) is 2. The van der Waals surface area contributed by atoms with Gasteiger partial charge in [-0.05, 0) is 56.9 Å². The number of carbonyl (C=O) groups excluding carboxylic acids is 2. The number of hydrogen-bond donors (Lipinski definition) is 0. The number of anilines is 2. The van der Waals surface area contributed by atoms with Crippen LogP contribution in [-0.2, 0) is 22.4 Å². The first-order valence-corrected chi connectivity index (χ1v) is 9.22. The molecule has 4 rings (SSSR count). The summed E-state index contributed by atoms with van der Waals surface area (Å²) in [5, 5.41) is 0. The normalized spacial score (nSPS) is 18.7. The van der Waals surface area contributed by atoms with E-state index in [-0.39, 0.29) is 17.9 Å². The quantitative estimate of drug-likeness (QED) is 0.779. The fourth-order valence-corrected chi connectivity index (χ4v) is 4.15. The van der Waals surface area contributed by atoms with E-state index in [0.717, 1.165) is 24.2 Å². The molecule has 0 saturated heterocycles. The monoisotopic (exact) mass is 348 g/mol. The first-order valence-electron chi connectivity index (χ1n) is 9.22. The molecule has 2 aliphatic rings. The lowest BCUT2D eigenvalue weighted by molar-refractivity contribution is -0.138. The molecule has 0 N–H and O–H groups in total. The molecule has 2 aromatic carbocycles. The molecule has 1 unspecified atom stereocenters. The Bertz CT molecular complexity index is 887. The van der Waals surface area contributed by atoms with Crippen LogP contribution in [0, 0.1) is 5.41 Å². The largest absolute Gasteiger partial charge is 0.311 e. The maximum absolute atomic E-state index is 13.4. The van der Waals surface area contributed by atoms with Crippen LogP contribution < -0.4 is 9.80 Å². The average Bonchev–Trinajstić information content (AvgIpc) is 3.20. The van der Waals surface area contributed by atoms with Crippen molar-refractivity contribution in [3.63, 3.8) is 0 Å². The number of rotatable bonds is 2. The van der Waals surface area contributed by atoms with Crippen LogP contribution in [-0.4, -0.2) is 24.4 Å². The van der Waals surface area contributed by atoms with Crippen LogP contribution in [0.25, 0.3) is 0 Å². The molecule has 0 bridgehead atoms. The second-order valence-corrected chi connectivity index (χ2v) is 7.82. The summed E-state index contributed by atoms with van der Waals surface area (Å²) in [7, 11) is 0. The maximum atomic E-state index is 13.4. The highest BCUT2D eigenvalue weighted by atomic mass is 16.2. The highest BCUT2D eigenvalue weighted by molar-refractivity contribution is 6.16. The first kappa shape index (κ1) is 16.8. The molecule has 2 heterocycles. The van der Waals surface area contributed by atoms with Gasteiger partial charge in [-0.25, -0.2) is 0 Å². The first-order chi connectivity index (χ1) is 12.4. The summed E-state index contributed by atoms with van der Waals surface area (Å²) in [6, 6.07) is 16.0. The van der Waals surface area contributed by atoms with E-state index in [0.29, 0.717) is 6.54 Å². The van der Waals surface area contributed by atoms with Crippen molar-refractivity contribution in [2.45, 2.75) is 39.7 Å². The molecule has 2 amide bonds. The van der Waals surface area contributed by atoms with E-state index >= 15 is 0 Å². The van der Waals surface area contributed by atoms with E-state index in [1.807, 2.05) is 48.2 Å². The topological polar surface area (TPSA) is 40.6 Å². The van der Waals surface area contributed by atoms with Crippen LogP contribution >= 0.6 is 0 Å². The second-order valence-electron chi connectivity index (χ2n) is 7.82. The Labute approximate surface area is 154 Å². The highest BCUT2D eigenvalue weighted by Crippen LogP contribution is 2.38. The summed E-state index contributed by atoms with van der Waals surface area (Å²) in [4.78, 5) is 30.3. The third kappa shape index (κ3) is 2.44. The number of carbonyl (C=O) groups is 2. The molecular formula is C22H24N2O2. The smallest absolute Gasteiger partial charge is 0.242 e. The molecule has 0 saturated carbocycles. The van der Waals surface area contributed by atoms with Crippen molar-refractivity contribution in [3.8, 4) is 0 Å². The van der Waals surface area contributed by atoms with Crippen molar-refractivity contribution < 1.29 is 9.59 Å². The zero-order valence-corrected chi connectivity index (χ0v) is 15.5. The summed E-state index contributed by atoms with van der Waals surface area (Å²) < 4.78 is 0. The Morgan fingerprint density at radius 2 is 1.54 bits per heavy atom. The van der Waals surface area contributed by atoms with Gasteiger partial charge >= 0.3 is 0 Å². The number of para-hydroxylation sites is 2. The van der Waals surface area contributed by atoms with Crippen LogP contribution in [0.15, 0.2) is 48.5 Å². The molecule has 2 aromatic rings. The van der Waals surface area contributed by atoms with Gasteiger partial charge in [0.1, 0.15) is 5.41 Å². The number of benzene rings is 2. The fraction of sp³-hybridized carbons (Fsp3) is 0.364.